The molecule has 0 atom stereocenters. The first-order valence-corrected chi connectivity index (χ1v) is 11.7. The number of aryl methyl sites for hydroxylation is 1. The molecule has 0 aliphatic heterocycles. The standard InChI is InChI=1S/C19H19BrN2O4S2/c20-18-11-8-16(27-18)4-1-5-19(23)22-14-6-9-17(10-7-14)28(24,25)21-13-15-3-2-12-26-15/h2-3,6-12,21H,1,4-5,13H2,(H,22,23). The first-order valence-electron chi connectivity index (χ1n) is 8.58. The van der Waals surface area contributed by atoms with Crippen molar-refractivity contribution < 1.29 is 17.6 Å². The molecule has 9 heteroatoms. The summed E-state index contributed by atoms with van der Waals surface area (Å²) in [7, 11) is -3.65. The van der Waals surface area contributed by atoms with Gasteiger partial charge in [-0.25, -0.2) is 13.1 Å². The van der Waals surface area contributed by atoms with Gasteiger partial charge in [-0.15, -0.1) is 11.3 Å². The summed E-state index contributed by atoms with van der Waals surface area (Å²) in [6.07, 6.45) is 3.49. The lowest BCUT2D eigenvalue weighted by Gasteiger charge is -2.08. The summed E-state index contributed by atoms with van der Waals surface area (Å²) in [5.74, 6) is 0.435. The van der Waals surface area contributed by atoms with E-state index in [1.807, 2.05) is 12.1 Å². The molecule has 3 rings (SSSR count). The zero-order valence-corrected chi connectivity index (χ0v) is 18.1. The van der Waals surface area contributed by atoms with Crippen molar-refractivity contribution in [3.05, 3.63) is 69.2 Å². The predicted octanol–water partition coefficient (Wildman–Crippen LogP) is 4.54. The zero-order chi connectivity index (χ0) is 20.0. The molecule has 148 valence electrons. The molecule has 28 heavy (non-hydrogen) atoms. The average molecular weight is 483 g/mol. The molecule has 0 saturated carbocycles. The second kappa shape index (κ2) is 9.51. The van der Waals surface area contributed by atoms with Crippen LogP contribution in [0.25, 0.3) is 0 Å². The third-order valence-corrected chi connectivity index (χ3v) is 7.02. The van der Waals surface area contributed by atoms with E-state index in [2.05, 4.69) is 26.0 Å². The molecule has 2 aromatic heterocycles. The maximum atomic E-state index is 12.3. The van der Waals surface area contributed by atoms with Crippen molar-refractivity contribution in [2.24, 2.45) is 0 Å². The average Bonchev–Trinajstić information content (AvgIpc) is 3.32. The van der Waals surface area contributed by atoms with Gasteiger partial charge in [0.1, 0.15) is 5.76 Å². The summed E-state index contributed by atoms with van der Waals surface area (Å²) in [5.41, 5.74) is 0.564. The maximum Gasteiger partial charge on any atom is 0.240 e. The molecule has 2 N–H and O–H groups in total. The Morgan fingerprint density at radius 2 is 1.89 bits per heavy atom. The Balaban J connectivity index is 1.48. The highest BCUT2D eigenvalue weighted by Gasteiger charge is 2.14. The highest BCUT2D eigenvalue weighted by molar-refractivity contribution is 9.11. The Morgan fingerprint density at radius 1 is 1.11 bits per heavy atom. The fraction of sp³-hybridized carbons (Fsp3) is 0.211. The minimum absolute atomic E-state index is 0.0780. The molecule has 0 saturated heterocycles. The lowest BCUT2D eigenvalue weighted by Crippen LogP contribution is -2.23. The van der Waals surface area contributed by atoms with Gasteiger partial charge in [-0.3, -0.25) is 4.79 Å². The molecular weight excluding hydrogens is 464 g/mol. The molecule has 1 aromatic carbocycles. The van der Waals surface area contributed by atoms with Crippen molar-refractivity contribution in [2.75, 3.05) is 5.32 Å². The van der Waals surface area contributed by atoms with Gasteiger partial charge in [0, 0.05) is 17.0 Å². The smallest absolute Gasteiger partial charge is 0.240 e. The van der Waals surface area contributed by atoms with Crippen LogP contribution in [-0.4, -0.2) is 14.3 Å². The van der Waals surface area contributed by atoms with Gasteiger partial charge in [0.05, 0.1) is 21.5 Å². The van der Waals surface area contributed by atoms with Gasteiger partial charge in [0.25, 0.3) is 0 Å². The lowest BCUT2D eigenvalue weighted by atomic mass is 10.2. The van der Waals surface area contributed by atoms with Crippen LogP contribution in [0.4, 0.5) is 5.69 Å². The molecule has 0 aliphatic carbocycles. The van der Waals surface area contributed by atoms with Crippen LogP contribution in [0.5, 0.6) is 0 Å². The summed E-state index contributed by atoms with van der Waals surface area (Å²) in [6, 6.07) is 13.5. The Kier molecular flexibility index (Phi) is 7.06. The molecule has 1 amide bonds. The van der Waals surface area contributed by atoms with Crippen molar-refractivity contribution in [1.29, 1.82) is 0 Å². The van der Waals surface area contributed by atoms with Gasteiger partial charge in [0.15, 0.2) is 0 Å². The van der Waals surface area contributed by atoms with E-state index < -0.39 is 10.0 Å². The second-order valence-electron chi connectivity index (χ2n) is 6.04. The highest BCUT2D eigenvalue weighted by atomic mass is 79.9. The minimum Gasteiger partial charge on any atom is -0.468 e. The molecule has 0 spiro atoms. The molecule has 0 unspecified atom stereocenters. The predicted molar refractivity (Wildman–Crippen MR) is 113 cm³/mol. The van der Waals surface area contributed by atoms with Crippen LogP contribution in [-0.2, 0) is 27.8 Å². The van der Waals surface area contributed by atoms with Crippen LogP contribution in [0.15, 0.2) is 67.9 Å². The largest absolute Gasteiger partial charge is 0.468 e. The van der Waals surface area contributed by atoms with Crippen LogP contribution in [0.3, 0.4) is 0 Å². The molecule has 0 radical (unpaired) electrons. The van der Waals surface area contributed by atoms with Crippen molar-refractivity contribution >= 4 is 48.9 Å². The number of halogens is 1. The third-order valence-electron chi connectivity index (χ3n) is 3.92. The minimum atomic E-state index is -3.65. The van der Waals surface area contributed by atoms with E-state index in [1.165, 1.54) is 23.3 Å². The number of sulfonamides is 1. The number of hydrogen-bond donors (Lipinski definition) is 2. The van der Waals surface area contributed by atoms with E-state index in [4.69, 9.17) is 4.42 Å². The van der Waals surface area contributed by atoms with Crippen LogP contribution in [0.2, 0.25) is 0 Å². The molecular formula is C19H19BrN2O4S2. The number of carbonyl (C=O) groups excluding carboxylic acids is 1. The van der Waals surface area contributed by atoms with Crippen LogP contribution in [0, 0.1) is 0 Å². The van der Waals surface area contributed by atoms with E-state index in [9.17, 15) is 13.2 Å². The summed E-state index contributed by atoms with van der Waals surface area (Å²) in [5, 5.41) is 2.79. The van der Waals surface area contributed by atoms with Crippen LogP contribution >= 0.6 is 27.3 Å². The van der Waals surface area contributed by atoms with Gasteiger partial charge < -0.3 is 9.73 Å². The number of carbonyl (C=O) groups is 1. The normalized spacial score (nSPS) is 11.5. The van der Waals surface area contributed by atoms with E-state index >= 15 is 0 Å². The topological polar surface area (TPSA) is 88.4 Å². The molecule has 0 aliphatic rings. The Bertz CT molecular complexity index is 1010. The molecule has 0 bridgehead atoms. The molecule has 2 heterocycles. The Hall–Kier alpha value is -1.94. The number of nitrogens with one attached hydrogen (secondary N) is 2. The van der Waals surface area contributed by atoms with Gasteiger partial charge in [-0.1, -0.05) is 0 Å². The summed E-state index contributed by atoms with van der Waals surface area (Å²) < 4.78 is 33.3. The Labute approximate surface area is 176 Å². The number of thiophene rings is 1. The molecule has 0 fully saturated rings. The molecule has 6 nitrogen and oxygen atoms in total. The van der Waals surface area contributed by atoms with E-state index in [0.717, 1.165) is 16.6 Å². The molecule has 3 aromatic rings. The van der Waals surface area contributed by atoms with Crippen molar-refractivity contribution in [1.82, 2.24) is 4.72 Å². The summed E-state index contributed by atoms with van der Waals surface area (Å²) >= 11 is 5.09. The second-order valence-corrected chi connectivity index (χ2v) is 10.4. The number of furan rings is 1. The van der Waals surface area contributed by atoms with Gasteiger partial charge in [-0.05, 0) is 77.3 Å². The number of rotatable bonds is 9. The van der Waals surface area contributed by atoms with Gasteiger partial charge >= 0.3 is 0 Å². The fourth-order valence-corrected chi connectivity index (χ4v) is 5.03. The number of hydrogen-bond acceptors (Lipinski definition) is 5. The highest BCUT2D eigenvalue weighted by Crippen LogP contribution is 2.23. The SMILES string of the molecule is O=C(CCCc1ccc(Br)s1)Nc1ccc(S(=O)(=O)NCc2ccco2)cc1. The van der Waals surface area contributed by atoms with Crippen LogP contribution < -0.4 is 10.0 Å². The number of anilines is 1. The van der Waals surface area contributed by atoms with Crippen molar-refractivity contribution in [3.63, 3.8) is 0 Å². The fourth-order valence-electron chi connectivity index (χ4n) is 2.51. The maximum absolute atomic E-state index is 12.3. The Morgan fingerprint density at radius 3 is 2.54 bits per heavy atom. The van der Waals surface area contributed by atoms with Crippen LogP contribution in [0.1, 0.15) is 23.5 Å². The van der Waals surface area contributed by atoms with E-state index in [0.29, 0.717) is 17.9 Å². The first kappa shape index (κ1) is 20.8. The van der Waals surface area contributed by atoms with E-state index in [1.54, 1.807) is 35.6 Å². The first-order chi connectivity index (χ1) is 13.4. The zero-order valence-electron chi connectivity index (χ0n) is 14.9. The van der Waals surface area contributed by atoms with Gasteiger partial charge in [-0.2, -0.15) is 0 Å². The lowest BCUT2D eigenvalue weighted by molar-refractivity contribution is -0.116. The number of amides is 1. The van der Waals surface area contributed by atoms with Crippen molar-refractivity contribution in [3.8, 4) is 0 Å². The van der Waals surface area contributed by atoms with Crippen molar-refractivity contribution in [2.45, 2.75) is 30.7 Å². The quantitative estimate of drug-likeness (QED) is 0.468. The summed E-state index contributed by atoms with van der Waals surface area (Å²) in [6.45, 7) is 0.0780. The third kappa shape index (κ3) is 6.03. The number of benzene rings is 1. The summed E-state index contributed by atoms with van der Waals surface area (Å²) in [4.78, 5) is 13.4. The van der Waals surface area contributed by atoms with Gasteiger partial charge in [0.2, 0.25) is 15.9 Å². The monoisotopic (exact) mass is 482 g/mol. The van der Waals surface area contributed by atoms with E-state index in [-0.39, 0.29) is 17.3 Å².